The van der Waals surface area contributed by atoms with Gasteiger partial charge < -0.3 is 37.2 Å². The molecule has 1 heterocycles. The van der Waals surface area contributed by atoms with Gasteiger partial charge in [-0.05, 0) is 48.3 Å². The SMILES string of the molecule is CSCC[C@H](NC(=O)[C@H](CC(C)C)N(C)C(=O)CNC(=O)[C@H](Cc1ccccc1)NC(=O)[C@H](Cc1ccccc1)NC(=O)[C@@H]1CCC(=O)N1)C(N)=O. The number of rotatable bonds is 20. The molecule has 282 valence electrons. The summed E-state index contributed by atoms with van der Waals surface area (Å²) in [5.41, 5.74) is 7.02. The Balaban J connectivity index is 1.76. The van der Waals surface area contributed by atoms with Crippen LogP contribution in [0.2, 0.25) is 0 Å². The van der Waals surface area contributed by atoms with Crippen molar-refractivity contribution in [3.05, 3.63) is 71.8 Å². The Hall–Kier alpha value is -4.92. The molecule has 52 heavy (non-hydrogen) atoms. The van der Waals surface area contributed by atoms with Crippen molar-refractivity contribution in [3.8, 4) is 0 Å². The molecule has 7 N–H and O–H groups in total. The molecule has 0 radical (unpaired) electrons. The zero-order valence-electron chi connectivity index (χ0n) is 30.2. The lowest BCUT2D eigenvalue weighted by Gasteiger charge is -2.30. The van der Waals surface area contributed by atoms with Gasteiger partial charge in [0.1, 0.15) is 30.2 Å². The van der Waals surface area contributed by atoms with Crippen molar-refractivity contribution < 1.29 is 33.6 Å². The number of nitrogens with two attached hydrogens (primary N) is 1. The number of hydrogen-bond donors (Lipinski definition) is 6. The zero-order chi connectivity index (χ0) is 38.2. The third-order valence-electron chi connectivity index (χ3n) is 8.69. The van der Waals surface area contributed by atoms with E-state index in [4.69, 9.17) is 5.73 Å². The van der Waals surface area contributed by atoms with E-state index in [-0.39, 0.29) is 31.1 Å². The minimum atomic E-state index is -1.14. The third-order valence-corrected chi connectivity index (χ3v) is 9.33. The monoisotopic (exact) mass is 737 g/mol. The van der Waals surface area contributed by atoms with Gasteiger partial charge in [-0.3, -0.25) is 33.6 Å². The Morgan fingerprint density at radius 3 is 1.90 bits per heavy atom. The fraction of sp³-hybridized carbons (Fsp3) is 0.486. The minimum Gasteiger partial charge on any atom is -0.368 e. The van der Waals surface area contributed by atoms with Crippen molar-refractivity contribution in [1.29, 1.82) is 0 Å². The van der Waals surface area contributed by atoms with Crippen LogP contribution in [0.4, 0.5) is 0 Å². The average Bonchev–Trinajstić information content (AvgIpc) is 3.57. The lowest BCUT2D eigenvalue weighted by Crippen LogP contribution is -2.58. The van der Waals surface area contributed by atoms with Crippen molar-refractivity contribution in [2.24, 2.45) is 11.7 Å². The summed E-state index contributed by atoms with van der Waals surface area (Å²) in [7, 11) is 1.45. The highest BCUT2D eigenvalue weighted by Gasteiger charge is 2.34. The molecule has 3 rings (SSSR count). The number of carbonyl (C=O) groups excluding carboxylic acids is 7. The Kier molecular flexibility index (Phi) is 16.6. The predicted molar refractivity (Wildman–Crippen MR) is 198 cm³/mol. The van der Waals surface area contributed by atoms with E-state index in [1.807, 2.05) is 44.4 Å². The Morgan fingerprint density at radius 1 is 0.846 bits per heavy atom. The van der Waals surface area contributed by atoms with Gasteiger partial charge in [0.25, 0.3) is 0 Å². The van der Waals surface area contributed by atoms with Crippen LogP contribution in [0, 0.1) is 5.92 Å². The first-order chi connectivity index (χ1) is 24.8. The number of likely N-dealkylation sites (N-methyl/N-ethyl adjacent to an activating group) is 1. The van der Waals surface area contributed by atoms with Crippen LogP contribution in [0.25, 0.3) is 0 Å². The maximum atomic E-state index is 13.8. The van der Waals surface area contributed by atoms with Crippen molar-refractivity contribution in [3.63, 3.8) is 0 Å². The Labute approximate surface area is 309 Å². The van der Waals surface area contributed by atoms with Crippen LogP contribution in [0.5, 0.6) is 0 Å². The zero-order valence-corrected chi connectivity index (χ0v) is 31.0. The fourth-order valence-electron chi connectivity index (χ4n) is 5.73. The summed E-state index contributed by atoms with van der Waals surface area (Å²) in [6.45, 7) is 3.32. The summed E-state index contributed by atoms with van der Waals surface area (Å²) in [6.07, 6.45) is 3.21. The number of carbonyl (C=O) groups is 7. The molecule has 2 aromatic carbocycles. The van der Waals surface area contributed by atoms with Gasteiger partial charge in [-0.25, -0.2) is 0 Å². The summed E-state index contributed by atoms with van der Waals surface area (Å²) in [5, 5.41) is 13.4. The van der Waals surface area contributed by atoms with Crippen LogP contribution in [0.1, 0.15) is 50.7 Å². The predicted octanol–water partition coefficient (Wildman–Crippen LogP) is 0.433. The van der Waals surface area contributed by atoms with Gasteiger partial charge in [0.2, 0.25) is 41.4 Å². The number of thioether (sulfide) groups is 1. The van der Waals surface area contributed by atoms with E-state index in [0.29, 0.717) is 25.0 Å². The third kappa shape index (κ3) is 13.3. The number of amides is 7. The van der Waals surface area contributed by atoms with Crippen molar-refractivity contribution in [2.75, 3.05) is 25.6 Å². The van der Waals surface area contributed by atoms with E-state index in [2.05, 4.69) is 26.6 Å². The second-order valence-electron chi connectivity index (χ2n) is 13.3. The average molecular weight is 738 g/mol. The van der Waals surface area contributed by atoms with Crippen molar-refractivity contribution in [1.82, 2.24) is 31.5 Å². The molecule has 2 aromatic rings. The number of nitrogens with zero attached hydrogens (tertiary/aromatic N) is 1. The van der Waals surface area contributed by atoms with E-state index in [1.54, 1.807) is 36.4 Å². The summed E-state index contributed by atoms with van der Waals surface area (Å²) in [4.78, 5) is 92.4. The first-order valence-electron chi connectivity index (χ1n) is 17.4. The maximum Gasteiger partial charge on any atom is 0.243 e. The lowest BCUT2D eigenvalue weighted by atomic mass is 10.0. The molecule has 1 fully saturated rings. The van der Waals surface area contributed by atoms with Gasteiger partial charge >= 0.3 is 0 Å². The molecule has 15 heteroatoms. The summed E-state index contributed by atoms with van der Waals surface area (Å²) >= 11 is 1.51. The highest BCUT2D eigenvalue weighted by atomic mass is 32.2. The van der Waals surface area contributed by atoms with E-state index in [1.165, 1.54) is 23.7 Å². The van der Waals surface area contributed by atoms with E-state index < -0.39 is 72.2 Å². The number of benzene rings is 2. The highest BCUT2D eigenvalue weighted by molar-refractivity contribution is 7.98. The van der Waals surface area contributed by atoms with E-state index in [0.717, 1.165) is 11.1 Å². The van der Waals surface area contributed by atoms with Crippen LogP contribution >= 0.6 is 11.8 Å². The first-order valence-corrected chi connectivity index (χ1v) is 18.8. The second-order valence-corrected chi connectivity index (χ2v) is 14.3. The molecule has 0 unspecified atom stereocenters. The Bertz CT molecular complexity index is 1540. The molecular weight excluding hydrogens is 687 g/mol. The molecule has 0 bridgehead atoms. The minimum absolute atomic E-state index is 0.0125. The molecule has 0 spiro atoms. The van der Waals surface area contributed by atoms with E-state index >= 15 is 0 Å². The first kappa shape index (κ1) is 41.5. The largest absolute Gasteiger partial charge is 0.368 e. The highest BCUT2D eigenvalue weighted by Crippen LogP contribution is 2.13. The van der Waals surface area contributed by atoms with Crippen LogP contribution in [0.15, 0.2) is 60.7 Å². The maximum absolute atomic E-state index is 13.8. The topological polar surface area (TPSA) is 209 Å². The number of primary amides is 1. The number of nitrogens with one attached hydrogen (secondary N) is 5. The van der Waals surface area contributed by atoms with Gasteiger partial charge in [-0.1, -0.05) is 74.5 Å². The molecule has 0 saturated carbocycles. The smallest absolute Gasteiger partial charge is 0.243 e. The van der Waals surface area contributed by atoms with Gasteiger partial charge in [0, 0.05) is 26.3 Å². The second kappa shape index (κ2) is 20.8. The molecular formula is C37H51N7O7S. The molecule has 1 saturated heterocycles. The molecule has 1 aliphatic heterocycles. The van der Waals surface area contributed by atoms with Gasteiger partial charge in [0.05, 0.1) is 6.54 Å². The lowest BCUT2D eigenvalue weighted by molar-refractivity contribution is -0.140. The molecule has 14 nitrogen and oxygen atoms in total. The standard InChI is InChI=1S/C37H51N7O7S/c1-23(2)19-30(37(51)41-26(33(38)47)17-18-52-4)44(3)32(46)22-39-34(48)28(20-24-11-7-5-8-12-24)42-36(50)29(21-25-13-9-6-10-14-25)43-35(49)27-15-16-31(45)40-27/h5-14,23,26-30H,15-22H2,1-4H3,(H2,38,47)(H,39,48)(H,40,45)(H,41,51)(H,42,50)(H,43,49)/t26-,27-,28-,29-,30-/m0/s1. The Morgan fingerprint density at radius 2 is 1.40 bits per heavy atom. The van der Waals surface area contributed by atoms with Gasteiger partial charge in [-0.15, -0.1) is 0 Å². The molecule has 0 aromatic heterocycles. The normalized spacial score (nSPS) is 16.1. The fourth-order valence-corrected chi connectivity index (χ4v) is 6.21. The van der Waals surface area contributed by atoms with Gasteiger partial charge in [0.15, 0.2) is 0 Å². The molecule has 5 atom stereocenters. The molecule has 1 aliphatic rings. The summed E-state index contributed by atoms with van der Waals surface area (Å²) < 4.78 is 0. The van der Waals surface area contributed by atoms with Crippen LogP contribution in [-0.2, 0) is 46.4 Å². The van der Waals surface area contributed by atoms with Crippen LogP contribution < -0.4 is 32.3 Å². The van der Waals surface area contributed by atoms with Crippen LogP contribution in [0.3, 0.4) is 0 Å². The van der Waals surface area contributed by atoms with Gasteiger partial charge in [-0.2, -0.15) is 11.8 Å². The quantitative estimate of drug-likeness (QED) is 0.112. The molecule has 7 amide bonds. The van der Waals surface area contributed by atoms with Crippen molar-refractivity contribution >= 4 is 53.1 Å². The molecule has 0 aliphatic carbocycles. The summed E-state index contributed by atoms with van der Waals surface area (Å²) in [5.74, 6) is -3.18. The van der Waals surface area contributed by atoms with Crippen molar-refractivity contribution in [2.45, 2.75) is 82.6 Å². The number of hydrogen-bond acceptors (Lipinski definition) is 8. The van der Waals surface area contributed by atoms with E-state index in [9.17, 15) is 33.6 Å². The van der Waals surface area contributed by atoms with Crippen LogP contribution in [-0.4, -0.2) is 102 Å². The summed E-state index contributed by atoms with van der Waals surface area (Å²) in [6, 6.07) is 13.2.